The Labute approximate surface area is 115 Å². The molecule has 5 nitrogen and oxygen atoms in total. The minimum Gasteiger partial charge on any atom is -0.507 e. The van der Waals surface area contributed by atoms with E-state index >= 15 is 0 Å². The highest BCUT2D eigenvalue weighted by atomic mass is 16.5. The van der Waals surface area contributed by atoms with Crippen LogP contribution in [0.3, 0.4) is 0 Å². The maximum absolute atomic E-state index is 9.72. The second-order valence-corrected chi connectivity index (χ2v) is 4.26. The maximum atomic E-state index is 9.72. The molecule has 2 aromatic heterocycles. The molecule has 0 aliphatic heterocycles. The van der Waals surface area contributed by atoms with Crippen LogP contribution in [-0.4, -0.2) is 15.2 Å². The number of phenols is 1. The Balaban J connectivity index is 1.84. The lowest BCUT2D eigenvalue weighted by molar-refractivity contribution is 0.423. The van der Waals surface area contributed by atoms with E-state index in [0.29, 0.717) is 11.4 Å². The van der Waals surface area contributed by atoms with Gasteiger partial charge in [0.25, 0.3) is 5.89 Å². The van der Waals surface area contributed by atoms with Crippen LogP contribution in [0.1, 0.15) is 17.3 Å². The predicted molar refractivity (Wildman–Crippen MR) is 73.8 cm³/mol. The van der Waals surface area contributed by atoms with E-state index in [-0.39, 0.29) is 11.6 Å². The summed E-state index contributed by atoms with van der Waals surface area (Å²) < 4.78 is 10.5. The van der Waals surface area contributed by atoms with Crippen molar-refractivity contribution in [3.05, 3.63) is 53.7 Å². The molecule has 0 aliphatic carbocycles. The lowest BCUT2D eigenvalue weighted by atomic mass is 10.2. The number of phenolic OH excluding ortho intramolecular Hbond substituents is 1. The highest BCUT2D eigenvalue weighted by Gasteiger charge is 2.10. The van der Waals surface area contributed by atoms with Crippen LogP contribution in [0.15, 0.2) is 45.3 Å². The predicted octanol–water partition coefficient (Wildman–Crippen LogP) is 3.51. The van der Waals surface area contributed by atoms with E-state index in [4.69, 9.17) is 8.94 Å². The molecular formula is C15H12N2O3. The third-order valence-electron chi connectivity index (χ3n) is 2.73. The molecule has 100 valence electrons. The normalized spacial score (nSPS) is 11.2. The molecule has 0 spiro atoms. The molecule has 0 radical (unpaired) electrons. The van der Waals surface area contributed by atoms with E-state index in [2.05, 4.69) is 10.1 Å². The molecule has 0 fully saturated rings. The van der Waals surface area contributed by atoms with Crippen LogP contribution in [-0.2, 0) is 0 Å². The Morgan fingerprint density at radius 2 is 1.95 bits per heavy atom. The summed E-state index contributed by atoms with van der Waals surface area (Å²) >= 11 is 0. The number of rotatable bonds is 3. The van der Waals surface area contributed by atoms with Gasteiger partial charge in [-0.25, -0.2) is 0 Å². The largest absolute Gasteiger partial charge is 0.507 e. The van der Waals surface area contributed by atoms with Crippen molar-refractivity contribution in [2.24, 2.45) is 0 Å². The van der Waals surface area contributed by atoms with E-state index in [9.17, 15) is 5.11 Å². The quantitative estimate of drug-likeness (QED) is 0.786. The van der Waals surface area contributed by atoms with Crippen LogP contribution >= 0.6 is 0 Å². The van der Waals surface area contributed by atoms with Crippen molar-refractivity contribution in [1.29, 1.82) is 0 Å². The summed E-state index contributed by atoms with van der Waals surface area (Å²) in [5.74, 6) is 2.35. The van der Waals surface area contributed by atoms with Crippen molar-refractivity contribution in [3.63, 3.8) is 0 Å². The van der Waals surface area contributed by atoms with Gasteiger partial charge in [0.15, 0.2) is 5.82 Å². The Morgan fingerprint density at radius 1 is 1.10 bits per heavy atom. The van der Waals surface area contributed by atoms with Crippen LogP contribution < -0.4 is 0 Å². The SMILES string of the molecule is Cc1ccc(/C=C/c2noc(-c3ccccc3O)n2)o1. The third kappa shape index (κ3) is 2.47. The summed E-state index contributed by atoms with van der Waals surface area (Å²) in [5, 5.41) is 13.6. The monoisotopic (exact) mass is 268 g/mol. The lowest BCUT2D eigenvalue weighted by Crippen LogP contribution is -1.79. The van der Waals surface area contributed by atoms with Crippen molar-refractivity contribution in [1.82, 2.24) is 10.1 Å². The molecule has 3 aromatic rings. The molecule has 0 amide bonds. The van der Waals surface area contributed by atoms with Crippen molar-refractivity contribution >= 4 is 12.2 Å². The molecule has 20 heavy (non-hydrogen) atoms. The molecule has 0 atom stereocenters. The minimum atomic E-state index is 0.105. The standard InChI is InChI=1S/C15H12N2O3/c1-10-6-7-11(19-10)8-9-14-16-15(20-17-14)12-4-2-3-5-13(12)18/h2-9,18H,1H3/b9-8+. The van der Waals surface area contributed by atoms with Crippen LogP contribution in [0.4, 0.5) is 0 Å². The number of aromatic nitrogens is 2. The Kier molecular flexibility index (Phi) is 3.09. The first-order valence-electron chi connectivity index (χ1n) is 6.09. The molecule has 1 N–H and O–H groups in total. The van der Waals surface area contributed by atoms with Gasteiger partial charge in [0.05, 0.1) is 5.56 Å². The van der Waals surface area contributed by atoms with Crippen molar-refractivity contribution in [3.8, 4) is 17.2 Å². The van der Waals surface area contributed by atoms with E-state index in [0.717, 1.165) is 11.5 Å². The molecule has 1 aromatic carbocycles. The van der Waals surface area contributed by atoms with Crippen molar-refractivity contribution in [2.75, 3.05) is 0 Å². The summed E-state index contributed by atoms with van der Waals surface area (Å²) in [6.45, 7) is 1.88. The van der Waals surface area contributed by atoms with Gasteiger partial charge in [-0.05, 0) is 43.3 Å². The van der Waals surface area contributed by atoms with Gasteiger partial charge in [-0.15, -0.1) is 0 Å². The van der Waals surface area contributed by atoms with Crippen molar-refractivity contribution < 1.29 is 14.0 Å². The molecule has 0 saturated carbocycles. The maximum Gasteiger partial charge on any atom is 0.261 e. The van der Waals surface area contributed by atoms with Gasteiger partial charge >= 0.3 is 0 Å². The van der Waals surface area contributed by atoms with Crippen LogP contribution in [0.25, 0.3) is 23.6 Å². The number of nitrogens with zero attached hydrogens (tertiary/aromatic N) is 2. The molecule has 5 heteroatoms. The second-order valence-electron chi connectivity index (χ2n) is 4.26. The zero-order valence-electron chi connectivity index (χ0n) is 10.8. The van der Waals surface area contributed by atoms with Gasteiger partial charge in [0.2, 0.25) is 0 Å². The first-order valence-corrected chi connectivity index (χ1v) is 6.09. The average Bonchev–Trinajstić information content (AvgIpc) is 3.06. The molecule has 3 rings (SSSR count). The van der Waals surface area contributed by atoms with E-state index in [1.54, 1.807) is 36.4 Å². The number of hydrogen-bond acceptors (Lipinski definition) is 5. The summed E-state index contributed by atoms with van der Waals surface area (Å²) in [6, 6.07) is 10.5. The Hall–Kier alpha value is -2.82. The molecule has 0 saturated heterocycles. The van der Waals surface area contributed by atoms with Gasteiger partial charge in [-0.2, -0.15) is 4.98 Å². The summed E-state index contributed by atoms with van der Waals surface area (Å²) in [7, 11) is 0. The highest BCUT2D eigenvalue weighted by molar-refractivity contribution is 5.66. The fourth-order valence-electron chi connectivity index (χ4n) is 1.77. The van der Waals surface area contributed by atoms with Gasteiger partial charge in [0.1, 0.15) is 17.3 Å². The second kappa shape index (κ2) is 5.05. The fraction of sp³-hybridized carbons (Fsp3) is 0.0667. The summed E-state index contributed by atoms with van der Waals surface area (Å²) in [4.78, 5) is 4.20. The summed E-state index contributed by atoms with van der Waals surface area (Å²) in [5.41, 5.74) is 0.508. The average molecular weight is 268 g/mol. The van der Waals surface area contributed by atoms with Gasteiger partial charge in [-0.1, -0.05) is 17.3 Å². The molecule has 0 bridgehead atoms. The zero-order chi connectivity index (χ0) is 13.9. The Bertz CT molecular complexity index is 756. The van der Waals surface area contributed by atoms with Gasteiger partial charge in [-0.3, -0.25) is 0 Å². The minimum absolute atomic E-state index is 0.105. The Morgan fingerprint density at radius 3 is 2.70 bits per heavy atom. The van der Waals surface area contributed by atoms with Crippen molar-refractivity contribution in [2.45, 2.75) is 6.92 Å². The van der Waals surface area contributed by atoms with E-state index in [1.165, 1.54) is 0 Å². The van der Waals surface area contributed by atoms with Crippen LogP contribution in [0.2, 0.25) is 0 Å². The lowest BCUT2D eigenvalue weighted by Gasteiger charge is -1.96. The number of benzene rings is 1. The van der Waals surface area contributed by atoms with E-state index in [1.807, 2.05) is 19.1 Å². The molecule has 0 unspecified atom stereocenters. The van der Waals surface area contributed by atoms with Crippen LogP contribution in [0, 0.1) is 6.92 Å². The fourth-order valence-corrected chi connectivity index (χ4v) is 1.77. The van der Waals surface area contributed by atoms with E-state index < -0.39 is 0 Å². The topological polar surface area (TPSA) is 72.3 Å². The number of aryl methyl sites for hydroxylation is 1. The number of furan rings is 1. The number of aromatic hydroxyl groups is 1. The first-order chi connectivity index (χ1) is 9.72. The molecular weight excluding hydrogens is 256 g/mol. The molecule has 0 aliphatic rings. The van der Waals surface area contributed by atoms with Gasteiger partial charge < -0.3 is 14.0 Å². The number of hydrogen-bond donors (Lipinski definition) is 1. The first kappa shape index (κ1) is 12.2. The smallest absolute Gasteiger partial charge is 0.261 e. The molecule has 2 heterocycles. The third-order valence-corrected chi connectivity index (χ3v) is 2.73. The summed E-state index contributed by atoms with van der Waals surface area (Å²) in [6.07, 6.45) is 3.44. The highest BCUT2D eigenvalue weighted by Crippen LogP contribution is 2.27. The van der Waals surface area contributed by atoms with Gasteiger partial charge in [0, 0.05) is 0 Å². The van der Waals surface area contributed by atoms with Crippen LogP contribution in [0.5, 0.6) is 5.75 Å². The zero-order valence-corrected chi connectivity index (χ0v) is 10.8. The number of para-hydroxylation sites is 1.